The van der Waals surface area contributed by atoms with E-state index in [1.165, 1.54) is 225 Å². The fourth-order valence-corrected chi connectivity index (χ4v) is 9.18. The molecule has 0 saturated heterocycles. The van der Waals surface area contributed by atoms with Gasteiger partial charge in [0.2, 0.25) is 0 Å². The van der Waals surface area contributed by atoms with Crippen molar-refractivity contribution in [2.45, 2.75) is 341 Å². The molecule has 0 radical (unpaired) electrons. The fourth-order valence-electron chi connectivity index (χ4n) is 9.18. The summed E-state index contributed by atoms with van der Waals surface area (Å²) in [6.45, 7) is 6.65. The van der Waals surface area contributed by atoms with Gasteiger partial charge in [0, 0.05) is 19.3 Å². The molecular weight excluding hydrogens is 865 g/mol. The second-order valence-corrected chi connectivity index (χ2v) is 21.0. The molecule has 410 valence electrons. The first-order valence-electron chi connectivity index (χ1n) is 31.0. The summed E-state index contributed by atoms with van der Waals surface area (Å²) >= 11 is 0. The highest BCUT2D eigenvalue weighted by molar-refractivity contribution is 5.71. The van der Waals surface area contributed by atoms with E-state index in [4.69, 9.17) is 14.2 Å². The first kappa shape index (κ1) is 67.6. The molecule has 70 heavy (non-hydrogen) atoms. The van der Waals surface area contributed by atoms with E-state index in [0.717, 1.165) is 70.6 Å². The minimum Gasteiger partial charge on any atom is -0.462 e. The Hall–Kier alpha value is -2.37. The van der Waals surface area contributed by atoms with E-state index in [0.29, 0.717) is 19.3 Å². The maximum absolute atomic E-state index is 12.9. The van der Waals surface area contributed by atoms with Crippen molar-refractivity contribution in [3.05, 3.63) is 36.5 Å². The van der Waals surface area contributed by atoms with Crippen LogP contribution in [0.2, 0.25) is 0 Å². The molecule has 0 aliphatic carbocycles. The lowest BCUT2D eigenvalue weighted by Crippen LogP contribution is -2.30. The minimum atomic E-state index is -0.775. The molecular formula is C64H118O6. The van der Waals surface area contributed by atoms with Gasteiger partial charge in [0.15, 0.2) is 6.10 Å². The number of rotatable bonds is 57. The van der Waals surface area contributed by atoms with Crippen molar-refractivity contribution in [3.8, 4) is 0 Å². The van der Waals surface area contributed by atoms with Crippen LogP contribution in [-0.4, -0.2) is 37.2 Å². The lowest BCUT2D eigenvalue weighted by molar-refractivity contribution is -0.167. The van der Waals surface area contributed by atoms with Crippen LogP contribution in [0.3, 0.4) is 0 Å². The normalized spacial score (nSPS) is 12.2. The highest BCUT2D eigenvalue weighted by Gasteiger charge is 2.19. The van der Waals surface area contributed by atoms with E-state index in [-0.39, 0.29) is 31.1 Å². The van der Waals surface area contributed by atoms with Crippen LogP contribution in [0.1, 0.15) is 335 Å². The maximum atomic E-state index is 12.9. The van der Waals surface area contributed by atoms with E-state index >= 15 is 0 Å². The second-order valence-electron chi connectivity index (χ2n) is 21.0. The van der Waals surface area contributed by atoms with Gasteiger partial charge in [-0.25, -0.2) is 0 Å². The van der Waals surface area contributed by atoms with Gasteiger partial charge in [-0.3, -0.25) is 14.4 Å². The topological polar surface area (TPSA) is 78.9 Å². The van der Waals surface area contributed by atoms with Gasteiger partial charge >= 0.3 is 17.9 Å². The molecule has 0 aliphatic rings. The summed E-state index contributed by atoms with van der Waals surface area (Å²) in [6, 6.07) is 0. The predicted molar refractivity (Wildman–Crippen MR) is 302 cm³/mol. The zero-order valence-electron chi connectivity index (χ0n) is 47.1. The van der Waals surface area contributed by atoms with E-state index < -0.39 is 6.10 Å². The Labute approximate surface area is 435 Å². The molecule has 0 aliphatic heterocycles. The van der Waals surface area contributed by atoms with Crippen molar-refractivity contribution >= 4 is 17.9 Å². The van der Waals surface area contributed by atoms with Crippen molar-refractivity contribution in [2.75, 3.05) is 13.2 Å². The molecule has 0 saturated carbocycles. The van der Waals surface area contributed by atoms with Gasteiger partial charge in [-0.15, -0.1) is 0 Å². The average Bonchev–Trinajstić information content (AvgIpc) is 3.36. The van der Waals surface area contributed by atoms with Crippen molar-refractivity contribution in [1.82, 2.24) is 0 Å². The Morgan fingerprint density at radius 3 is 0.829 bits per heavy atom. The number of unbranched alkanes of at least 4 members (excludes halogenated alkanes) is 40. The van der Waals surface area contributed by atoms with Gasteiger partial charge in [-0.1, -0.05) is 276 Å². The summed E-state index contributed by atoms with van der Waals surface area (Å²) in [5.41, 5.74) is 0. The number of hydrogen-bond acceptors (Lipinski definition) is 6. The first-order valence-corrected chi connectivity index (χ1v) is 31.0. The molecule has 1 atom stereocenters. The van der Waals surface area contributed by atoms with E-state index in [2.05, 4.69) is 57.2 Å². The molecule has 0 amide bonds. The van der Waals surface area contributed by atoms with Gasteiger partial charge in [-0.05, 0) is 77.0 Å². The molecule has 6 heteroatoms. The molecule has 0 rings (SSSR count). The molecule has 0 aromatic rings. The van der Waals surface area contributed by atoms with Crippen LogP contribution in [0.4, 0.5) is 0 Å². The summed E-state index contributed by atoms with van der Waals surface area (Å²) < 4.78 is 16.9. The highest BCUT2D eigenvalue weighted by atomic mass is 16.6. The Kier molecular flexibility index (Phi) is 57.2. The fraction of sp³-hybridized carbons (Fsp3) is 0.859. The standard InChI is InChI=1S/C64H118O6/c1-4-7-10-13-16-19-22-25-28-30-32-34-36-39-42-45-48-51-54-57-63(66)69-60-61(59-68-62(65)56-53-50-47-44-41-38-35-27-24-21-18-15-12-9-6-3)70-64(67)58-55-52-49-46-43-40-37-33-31-29-26-23-20-17-14-11-8-5-2/h16,19,25,27-28,35,61H,4-15,17-18,20-24,26,29-34,36-60H2,1-3H3/b19-16-,28-25-,35-27-/t61-/m1/s1. The lowest BCUT2D eigenvalue weighted by atomic mass is 10.0. The molecule has 0 bridgehead atoms. The number of carbonyl (C=O) groups excluding carboxylic acids is 3. The van der Waals surface area contributed by atoms with Gasteiger partial charge < -0.3 is 14.2 Å². The molecule has 0 aromatic heterocycles. The van der Waals surface area contributed by atoms with Crippen LogP contribution >= 0.6 is 0 Å². The van der Waals surface area contributed by atoms with E-state index in [1.54, 1.807) is 0 Å². The zero-order valence-corrected chi connectivity index (χ0v) is 47.1. The maximum Gasteiger partial charge on any atom is 0.306 e. The molecule has 0 fully saturated rings. The van der Waals surface area contributed by atoms with Gasteiger partial charge in [0.1, 0.15) is 13.2 Å². The van der Waals surface area contributed by atoms with Gasteiger partial charge in [0.25, 0.3) is 0 Å². The Morgan fingerprint density at radius 1 is 0.286 bits per heavy atom. The quantitative estimate of drug-likeness (QED) is 0.0261. The third-order valence-electron chi connectivity index (χ3n) is 13.9. The monoisotopic (exact) mass is 983 g/mol. The molecule has 0 heterocycles. The Bertz CT molecular complexity index is 1170. The summed E-state index contributed by atoms with van der Waals surface area (Å²) in [6.07, 6.45) is 71.4. The molecule has 0 aromatic carbocycles. The smallest absolute Gasteiger partial charge is 0.306 e. The summed E-state index contributed by atoms with van der Waals surface area (Å²) in [7, 11) is 0. The highest BCUT2D eigenvalue weighted by Crippen LogP contribution is 2.17. The van der Waals surface area contributed by atoms with Crippen LogP contribution in [-0.2, 0) is 28.6 Å². The third-order valence-corrected chi connectivity index (χ3v) is 13.9. The van der Waals surface area contributed by atoms with Crippen LogP contribution in [0.15, 0.2) is 36.5 Å². The molecule has 0 N–H and O–H groups in total. The summed E-state index contributed by atoms with van der Waals surface area (Å²) in [5, 5.41) is 0. The van der Waals surface area contributed by atoms with Crippen molar-refractivity contribution in [3.63, 3.8) is 0 Å². The number of allylic oxidation sites excluding steroid dienone is 6. The largest absolute Gasteiger partial charge is 0.462 e. The second kappa shape index (κ2) is 59.2. The summed E-state index contributed by atoms with van der Waals surface area (Å²) in [4.78, 5) is 38.3. The van der Waals surface area contributed by atoms with Crippen molar-refractivity contribution in [1.29, 1.82) is 0 Å². The minimum absolute atomic E-state index is 0.0731. The number of esters is 3. The van der Waals surface area contributed by atoms with E-state index in [9.17, 15) is 14.4 Å². The Morgan fingerprint density at radius 2 is 0.514 bits per heavy atom. The molecule has 6 nitrogen and oxygen atoms in total. The zero-order chi connectivity index (χ0) is 50.7. The van der Waals surface area contributed by atoms with Gasteiger partial charge in [-0.2, -0.15) is 0 Å². The van der Waals surface area contributed by atoms with E-state index in [1.807, 2.05) is 0 Å². The van der Waals surface area contributed by atoms with Crippen LogP contribution in [0, 0.1) is 0 Å². The van der Waals surface area contributed by atoms with Crippen LogP contribution in [0.5, 0.6) is 0 Å². The Balaban J connectivity index is 4.34. The van der Waals surface area contributed by atoms with Crippen LogP contribution < -0.4 is 0 Å². The third kappa shape index (κ3) is 56.5. The van der Waals surface area contributed by atoms with Crippen molar-refractivity contribution < 1.29 is 28.6 Å². The molecule has 0 unspecified atom stereocenters. The van der Waals surface area contributed by atoms with Crippen LogP contribution in [0.25, 0.3) is 0 Å². The predicted octanol–water partition coefficient (Wildman–Crippen LogP) is 20.8. The average molecular weight is 984 g/mol. The number of hydrogen-bond donors (Lipinski definition) is 0. The lowest BCUT2D eigenvalue weighted by Gasteiger charge is -2.18. The van der Waals surface area contributed by atoms with Crippen molar-refractivity contribution in [2.24, 2.45) is 0 Å². The molecule has 0 spiro atoms. The first-order chi connectivity index (χ1) is 34.5. The summed E-state index contributed by atoms with van der Waals surface area (Å²) in [5.74, 6) is -0.863. The SMILES string of the molecule is CCCCC/C=C\C/C=C\CCCCCCCCCCCC(=O)OC[C@@H](COC(=O)CCCCCCC/C=C\CCCCCCCC)OC(=O)CCCCCCCCCCCCCCCCCCCC. The number of ether oxygens (including phenoxy) is 3. The number of carbonyl (C=O) groups is 3. The van der Waals surface area contributed by atoms with Gasteiger partial charge in [0.05, 0.1) is 0 Å².